The minimum absolute atomic E-state index is 0.214. The quantitative estimate of drug-likeness (QED) is 0.825. The van der Waals surface area contributed by atoms with Crippen LogP contribution in [0.4, 0.5) is 5.69 Å². The first-order valence-corrected chi connectivity index (χ1v) is 7.74. The second kappa shape index (κ2) is 5.41. The number of aryl methyl sites for hydroxylation is 2. The van der Waals surface area contributed by atoms with Crippen molar-refractivity contribution >= 4 is 21.9 Å². The summed E-state index contributed by atoms with van der Waals surface area (Å²) in [6.07, 6.45) is 2.27. The molecule has 2 rings (SSSR count). The molecule has 1 fully saturated rings. The SMILES string of the molecule is Cc1nn(C)cc1NS(=O)(=O)N1CCC(C(=O)O)CC1. The summed E-state index contributed by atoms with van der Waals surface area (Å²) in [5.41, 5.74) is 1.03. The molecule has 1 aromatic rings. The highest BCUT2D eigenvalue weighted by Gasteiger charge is 2.31. The van der Waals surface area contributed by atoms with Crippen LogP contribution in [0.25, 0.3) is 0 Å². The van der Waals surface area contributed by atoms with E-state index in [-0.39, 0.29) is 13.1 Å². The van der Waals surface area contributed by atoms with Crippen LogP contribution in [-0.2, 0) is 22.1 Å². The van der Waals surface area contributed by atoms with Gasteiger partial charge < -0.3 is 5.11 Å². The molecule has 0 saturated carbocycles. The Morgan fingerprint density at radius 1 is 1.45 bits per heavy atom. The topological polar surface area (TPSA) is 105 Å². The second-order valence-electron chi connectivity index (χ2n) is 4.92. The zero-order chi connectivity index (χ0) is 14.9. The summed E-state index contributed by atoms with van der Waals surface area (Å²) in [7, 11) is -1.95. The average Bonchev–Trinajstić information content (AvgIpc) is 2.67. The van der Waals surface area contributed by atoms with E-state index in [1.165, 1.54) is 8.99 Å². The smallest absolute Gasteiger partial charge is 0.306 e. The average molecular weight is 302 g/mol. The van der Waals surface area contributed by atoms with E-state index in [1.807, 2.05) is 0 Å². The zero-order valence-electron chi connectivity index (χ0n) is 11.4. The Hall–Kier alpha value is -1.61. The van der Waals surface area contributed by atoms with Gasteiger partial charge in [0.05, 0.1) is 17.3 Å². The van der Waals surface area contributed by atoms with Crippen LogP contribution in [0.1, 0.15) is 18.5 Å². The zero-order valence-corrected chi connectivity index (χ0v) is 12.2. The third-order valence-electron chi connectivity index (χ3n) is 3.40. The van der Waals surface area contributed by atoms with Crippen LogP contribution in [0.5, 0.6) is 0 Å². The molecule has 0 radical (unpaired) electrons. The van der Waals surface area contributed by atoms with Gasteiger partial charge in [0, 0.05) is 26.3 Å². The van der Waals surface area contributed by atoms with E-state index in [0.29, 0.717) is 24.2 Å². The van der Waals surface area contributed by atoms with Gasteiger partial charge in [-0.15, -0.1) is 0 Å². The molecule has 0 spiro atoms. The van der Waals surface area contributed by atoms with E-state index in [4.69, 9.17) is 5.11 Å². The number of nitrogens with one attached hydrogen (secondary N) is 1. The first-order valence-electron chi connectivity index (χ1n) is 6.30. The van der Waals surface area contributed by atoms with Gasteiger partial charge in [0.25, 0.3) is 0 Å². The summed E-state index contributed by atoms with van der Waals surface area (Å²) < 4.78 is 29.7. The third-order valence-corrected chi connectivity index (χ3v) is 4.92. The summed E-state index contributed by atoms with van der Waals surface area (Å²) in [5.74, 6) is -1.32. The van der Waals surface area contributed by atoms with Crippen LogP contribution in [-0.4, -0.2) is 46.7 Å². The van der Waals surface area contributed by atoms with Crippen molar-refractivity contribution < 1.29 is 18.3 Å². The monoisotopic (exact) mass is 302 g/mol. The van der Waals surface area contributed by atoms with Crippen molar-refractivity contribution in [3.05, 3.63) is 11.9 Å². The number of aliphatic carboxylic acids is 1. The van der Waals surface area contributed by atoms with E-state index in [9.17, 15) is 13.2 Å². The van der Waals surface area contributed by atoms with Crippen LogP contribution in [0.15, 0.2) is 6.20 Å². The first-order chi connectivity index (χ1) is 9.29. The summed E-state index contributed by atoms with van der Waals surface area (Å²) in [4.78, 5) is 10.9. The first kappa shape index (κ1) is 14.8. The minimum atomic E-state index is -3.66. The van der Waals surface area contributed by atoms with Gasteiger partial charge in [0.2, 0.25) is 0 Å². The lowest BCUT2D eigenvalue weighted by molar-refractivity contribution is -0.142. The molecule has 0 amide bonds. The molecule has 0 aliphatic carbocycles. The molecular weight excluding hydrogens is 284 g/mol. The van der Waals surface area contributed by atoms with Crippen LogP contribution in [0, 0.1) is 12.8 Å². The number of nitrogens with zero attached hydrogens (tertiary/aromatic N) is 3. The van der Waals surface area contributed by atoms with Gasteiger partial charge in [0.1, 0.15) is 0 Å². The number of rotatable bonds is 4. The summed E-state index contributed by atoms with van der Waals surface area (Å²) in [6.45, 7) is 2.14. The number of carboxylic acid groups (broad SMARTS) is 1. The Balaban J connectivity index is 2.05. The lowest BCUT2D eigenvalue weighted by Crippen LogP contribution is -2.43. The van der Waals surface area contributed by atoms with Gasteiger partial charge >= 0.3 is 16.2 Å². The van der Waals surface area contributed by atoms with E-state index in [2.05, 4.69) is 9.82 Å². The Morgan fingerprint density at radius 3 is 2.50 bits per heavy atom. The number of aromatic nitrogens is 2. The van der Waals surface area contributed by atoms with Crippen molar-refractivity contribution in [3.8, 4) is 0 Å². The highest BCUT2D eigenvalue weighted by molar-refractivity contribution is 7.90. The predicted octanol–water partition coefficient (Wildman–Crippen LogP) is 0.182. The molecule has 0 bridgehead atoms. The van der Waals surface area contributed by atoms with Crippen LogP contribution >= 0.6 is 0 Å². The molecule has 8 nitrogen and oxygen atoms in total. The third kappa shape index (κ3) is 3.10. The maximum absolute atomic E-state index is 12.2. The highest BCUT2D eigenvalue weighted by Crippen LogP contribution is 2.22. The maximum atomic E-state index is 12.2. The molecule has 112 valence electrons. The van der Waals surface area contributed by atoms with E-state index in [1.54, 1.807) is 20.2 Å². The molecule has 0 aromatic carbocycles. The number of hydrogen-bond acceptors (Lipinski definition) is 4. The fraction of sp³-hybridized carbons (Fsp3) is 0.636. The molecule has 9 heteroatoms. The molecule has 1 saturated heterocycles. The van der Waals surface area contributed by atoms with Gasteiger partial charge in [-0.1, -0.05) is 0 Å². The van der Waals surface area contributed by atoms with E-state index in [0.717, 1.165) is 0 Å². The molecule has 1 aliphatic rings. The standard InChI is InChI=1S/C11H18N4O4S/c1-8-10(7-14(2)12-8)13-20(18,19)15-5-3-9(4-6-15)11(16)17/h7,9,13H,3-6H2,1-2H3,(H,16,17). The predicted molar refractivity (Wildman–Crippen MR) is 72.4 cm³/mol. The fourth-order valence-electron chi connectivity index (χ4n) is 2.25. The molecule has 2 N–H and O–H groups in total. The molecule has 20 heavy (non-hydrogen) atoms. The molecule has 2 heterocycles. The number of carboxylic acids is 1. The van der Waals surface area contributed by atoms with Gasteiger partial charge in [-0.3, -0.25) is 14.2 Å². The molecule has 1 aromatic heterocycles. The van der Waals surface area contributed by atoms with Crippen molar-refractivity contribution in [2.24, 2.45) is 13.0 Å². The minimum Gasteiger partial charge on any atom is -0.481 e. The van der Waals surface area contributed by atoms with E-state index >= 15 is 0 Å². The van der Waals surface area contributed by atoms with Crippen molar-refractivity contribution in [2.75, 3.05) is 17.8 Å². The Morgan fingerprint density at radius 2 is 2.05 bits per heavy atom. The molecular formula is C11H18N4O4S. The molecule has 1 aliphatic heterocycles. The van der Waals surface area contributed by atoms with Crippen LogP contribution in [0.2, 0.25) is 0 Å². The Kier molecular flexibility index (Phi) is 4.00. The summed E-state index contributed by atoms with van der Waals surface area (Å²) >= 11 is 0. The second-order valence-corrected chi connectivity index (χ2v) is 6.59. The van der Waals surface area contributed by atoms with Crippen molar-refractivity contribution in [1.29, 1.82) is 0 Å². The summed E-state index contributed by atoms with van der Waals surface area (Å²) in [6, 6.07) is 0. The fourth-order valence-corrected chi connectivity index (χ4v) is 3.55. The van der Waals surface area contributed by atoms with Gasteiger partial charge in [0.15, 0.2) is 0 Å². The Labute approximate surface area is 117 Å². The number of hydrogen-bond donors (Lipinski definition) is 2. The van der Waals surface area contributed by atoms with Crippen molar-refractivity contribution in [2.45, 2.75) is 19.8 Å². The van der Waals surface area contributed by atoms with E-state index < -0.39 is 22.1 Å². The number of carbonyl (C=O) groups is 1. The van der Waals surface area contributed by atoms with Crippen molar-refractivity contribution in [3.63, 3.8) is 0 Å². The molecule has 0 unspecified atom stereocenters. The maximum Gasteiger partial charge on any atom is 0.306 e. The van der Waals surface area contributed by atoms with Crippen LogP contribution in [0.3, 0.4) is 0 Å². The highest BCUT2D eigenvalue weighted by atomic mass is 32.2. The van der Waals surface area contributed by atoms with Crippen LogP contribution < -0.4 is 4.72 Å². The lowest BCUT2D eigenvalue weighted by Gasteiger charge is -2.29. The molecule has 0 atom stereocenters. The largest absolute Gasteiger partial charge is 0.481 e. The normalized spacial score (nSPS) is 18.1. The van der Waals surface area contributed by atoms with Gasteiger partial charge in [-0.25, -0.2) is 0 Å². The number of piperidine rings is 1. The van der Waals surface area contributed by atoms with Gasteiger partial charge in [-0.2, -0.15) is 17.8 Å². The Bertz CT molecular complexity index is 602. The number of anilines is 1. The van der Waals surface area contributed by atoms with Crippen molar-refractivity contribution in [1.82, 2.24) is 14.1 Å². The lowest BCUT2D eigenvalue weighted by atomic mass is 9.99. The van der Waals surface area contributed by atoms with Gasteiger partial charge in [-0.05, 0) is 19.8 Å². The summed E-state index contributed by atoms with van der Waals surface area (Å²) in [5, 5.41) is 13.0.